The van der Waals surface area contributed by atoms with Crippen LogP contribution in [0.3, 0.4) is 0 Å². The van der Waals surface area contributed by atoms with Crippen LogP contribution in [0.1, 0.15) is 129 Å². The van der Waals surface area contributed by atoms with Gasteiger partial charge in [0.25, 0.3) is 0 Å². The van der Waals surface area contributed by atoms with Gasteiger partial charge in [0.05, 0.1) is 13.2 Å². The molecule has 0 aromatic heterocycles. The predicted molar refractivity (Wildman–Crippen MR) is 137 cm³/mol. The first-order valence-electron chi connectivity index (χ1n) is 14.1. The summed E-state index contributed by atoms with van der Waals surface area (Å²) in [4.78, 5) is 0. The molecular formula is C30H50O2. The lowest BCUT2D eigenvalue weighted by atomic mass is 9.76. The van der Waals surface area contributed by atoms with Crippen molar-refractivity contribution in [1.29, 1.82) is 0 Å². The zero-order chi connectivity index (χ0) is 22.6. The molecule has 182 valence electrons. The van der Waals surface area contributed by atoms with E-state index in [2.05, 4.69) is 39.0 Å². The molecule has 2 nitrogen and oxygen atoms in total. The number of ether oxygens (including phenoxy) is 2. The van der Waals surface area contributed by atoms with Crippen LogP contribution in [0, 0.1) is 17.8 Å². The second kappa shape index (κ2) is 14.2. The van der Waals surface area contributed by atoms with Crippen molar-refractivity contribution in [3.63, 3.8) is 0 Å². The van der Waals surface area contributed by atoms with Crippen LogP contribution in [-0.2, 0) is 0 Å². The molecule has 1 aromatic rings. The minimum atomic E-state index is 0.637. The highest BCUT2D eigenvalue weighted by Crippen LogP contribution is 2.42. The zero-order valence-electron chi connectivity index (χ0n) is 21.4. The van der Waals surface area contributed by atoms with E-state index in [0.29, 0.717) is 5.92 Å². The number of benzene rings is 1. The molecule has 2 fully saturated rings. The van der Waals surface area contributed by atoms with Crippen LogP contribution >= 0.6 is 0 Å². The van der Waals surface area contributed by atoms with Crippen LogP contribution in [0.25, 0.3) is 0 Å². The fourth-order valence-electron chi connectivity index (χ4n) is 5.79. The first-order chi connectivity index (χ1) is 15.7. The molecule has 2 aliphatic carbocycles. The molecule has 0 N–H and O–H groups in total. The van der Waals surface area contributed by atoms with E-state index in [1.54, 1.807) is 0 Å². The maximum atomic E-state index is 6.50. The lowest BCUT2D eigenvalue weighted by Crippen LogP contribution is -2.20. The van der Waals surface area contributed by atoms with E-state index < -0.39 is 0 Å². The van der Waals surface area contributed by atoms with E-state index >= 15 is 0 Å². The predicted octanol–water partition coefficient (Wildman–Crippen LogP) is 9.31. The Balaban J connectivity index is 1.55. The molecule has 0 heterocycles. The van der Waals surface area contributed by atoms with Gasteiger partial charge in [0.1, 0.15) is 11.5 Å². The minimum Gasteiger partial charge on any atom is -0.494 e. The highest BCUT2D eigenvalue weighted by Gasteiger charge is 2.26. The van der Waals surface area contributed by atoms with Crippen molar-refractivity contribution in [2.75, 3.05) is 13.2 Å². The Hall–Kier alpha value is -1.18. The topological polar surface area (TPSA) is 18.5 Å². The molecule has 2 saturated carbocycles. The number of hydrogen-bond donors (Lipinski definition) is 0. The lowest BCUT2D eigenvalue weighted by molar-refractivity contribution is 0.185. The third kappa shape index (κ3) is 8.31. The van der Waals surface area contributed by atoms with E-state index in [1.807, 2.05) is 0 Å². The van der Waals surface area contributed by atoms with Crippen molar-refractivity contribution in [3.05, 3.63) is 23.8 Å². The Kier molecular flexibility index (Phi) is 11.3. The lowest BCUT2D eigenvalue weighted by Gasteiger charge is -2.31. The second-order valence-electron chi connectivity index (χ2n) is 10.9. The van der Waals surface area contributed by atoms with Gasteiger partial charge in [-0.3, -0.25) is 0 Å². The normalized spacial score (nSPS) is 26.1. The molecule has 0 aliphatic heterocycles. The summed E-state index contributed by atoms with van der Waals surface area (Å²) in [5, 5.41) is 0. The summed E-state index contributed by atoms with van der Waals surface area (Å²) in [6.07, 6.45) is 20.3. The maximum absolute atomic E-state index is 6.50. The van der Waals surface area contributed by atoms with E-state index in [-0.39, 0.29) is 0 Å². The summed E-state index contributed by atoms with van der Waals surface area (Å²) in [6.45, 7) is 8.56. The molecule has 3 rings (SSSR count). The van der Waals surface area contributed by atoms with Gasteiger partial charge < -0.3 is 9.47 Å². The Morgan fingerprint density at radius 1 is 0.750 bits per heavy atom. The molecule has 0 unspecified atom stereocenters. The van der Waals surface area contributed by atoms with Crippen molar-refractivity contribution in [2.45, 2.75) is 123 Å². The van der Waals surface area contributed by atoms with Crippen molar-refractivity contribution in [2.24, 2.45) is 17.8 Å². The molecule has 0 saturated heterocycles. The second-order valence-corrected chi connectivity index (χ2v) is 10.9. The van der Waals surface area contributed by atoms with Crippen molar-refractivity contribution >= 4 is 0 Å². The third-order valence-corrected chi connectivity index (χ3v) is 8.07. The first kappa shape index (κ1) is 25.4. The van der Waals surface area contributed by atoms with E-state index in [1.165, 1.54) is 95.5 Å². The van der Waals surface area contributed by atoms with Gasteiger partial charge in [-0.25, -0.2) is 0 Å². The SMILES string of the molecule is CCCCCCCC1CCC(c2cc(OCCC)ccc2OCC2CCC(C)CC2)CC1. The fraction of sp³-hybridized carbons (Fsp3) is 0.800. The van der Waals surface area contributed by atoms with Crippen LogP contribution in [-0.4, -0.2) is 13.2 Å². The van der Waals surface area contributed by atoms with E-state index in [9.17, 15) is 0 Å². The quantitative estimate of drug-likeness (QED) is 0.283. The molecule has 0 radical (unpaired) electrons. The van der Waals surface area contributed by atoms with Gasteiger partial charge in [0, 0.05) is 5.56 Å². The highest BCUT2D eigenvalue weighted by molar-refractivity contribution is 5.43. The van der Waals surface area contributed by atoms with E-state index in [0.717, 1.165) is 48.9 Å². The van der Waals surface area contributed by atoms with Gasteiger partial charge in [-0.2, -0.15) is 0 Å². The highest BCUT2D eigenvalue weighted by atomic mass is 16.5. The van der Waals surface area contributed by atoms with Gasteiger partial charge in [-0.15, -0.1) is 0 Å². The number of unbranched alkanes of at least 4 members (excludes halogenated alkanes) is 4. The molecule has 32 heavy (non-hydrogen) atoms. The fourth-order valence-corrected chi connectivity index (χ4v) is 5.79. The Labute approximate surface area is 198 Å². The van der Waals surface area contributed by atoms with E-state index in [4.69, 9.17) is 9.47 Å². The molecule has 0 amide bonds. The molecule has 0 atom stereocenters. The Morgan fingerprint density at radius 2 is 1.47 bits per heavy atom. The molecule has 1 aromatic carbocycles. The van der Waals surface area contributed by atoms with Crippen LogP contribution in [0.15, 0.2) is 18.2 Å². The summed E-state index contributed by atoms with van der Waals surface area (Å²) in [5.41, 5.74) is 1.42. The van der Waals surface area contributed by atoms with Crippen LogP contribution in [0.2, 0.25) is 0 Å². The smallest absolute Gasteiger partial charge is 0.123 e. The van der Waals surface area contributed by atoms with Gasteiger partial charge in [-0.05, 0) is 86.8 Å². The Morgan fingerprint density at radius 3 is 2.19 bits per heavy atom. The average Bonchev–Trinajstić information content (AvgIpc) is 2.83. The number of hydrogen-bond acceptors (Lipinski definition) is 2. The molecule has 0 bridgehead atoms. The van der Waals surface area contributed by atoms with Crippen molar-refractivity contribution in [3.8, 4) is 11.5 Å². The number of rotatable bonds is 13. The zero-order valence-corrected chi connectivity index (χ0v) is 21.4. The molecule has 2 heteroatoms. The van der Waals surface area contributed by atoms with Crippen LogP contribution in [0.5, 0.6) is 11.5 Å². The van der Waals surface area contributed by atoms with Crippen molar-refractivity contribution in [1.82, 2.24) is 0 Å². The summed E-state index contributed by atoms with van der Waals surface area (Å²) in [7, 11) is 0. The van der Waals surface area contributed by atoms with Gasteiger partial charge in [0.15, 0.2) is 0 Å². The summed E-state index contributed by atoms with van der Waals surface area (Å²) in [6, 6.07) is 6.63. The van der Waals surface area contributed by atoms with Crippen molar-refractivity contribution < 1.29 is 9.47 Å². The van der Waals surface area contributed by atoms with Crippen LogP contribution < -0.4 is 9.47 Å². The van der Waals surface area contributed by atoms with Gasteiger partial charge in [-0.1, -0.05) is 72.1 Å². The summed E-state index contributed by atoms with van der Waals surface area (Å²) in [5.74, 6) is 5.38. The van der Waals surface area contributed by atoms with Gasteiger partial charge >= 0.3 is 0 Å². The van der Waals surface area contributed by atoms with Crippen LogP contribution in [0.4, 0.5) is 0 Å². The summed E-state index contributed by atoms with van der Waals surface area (Å²) < 4.78 is 12.5. The monoisotopic (exact) mass is 442 g/mol. The third-order valence-electron chi connectivity index (χ3n) is 8.07. The largest absolute Gasteiger partial charge is 0.494 e. The first-order valence-corrected chi connectivity index (χ1v) is 14.1. The minimum absolute atomic E-state index is 0.637. The Bertz CT molecular complexity index is 624. The summed E-state index contributed by atoms with van der Waals surface area (Å²) >= 11 is 0. The van der Waals surface area contributed by atoms with Gasteiger partial charge in [0.2, 0.25) is 0 Å². The maximum Gasteiger partial charge on any atom is 0.123 e. The molecule has 0 spiro atoms. The standard InChI is InChI=1S/C30H50O2/c1-4-6-7-8-9-10-25-15-17-27(18-16-25)29-22-28(31-21-5-2)19-20-30(29)32-23-26-13-11-24(3)12-14-26/h19-20,22,24-27H,4-18,21,23H2,1-3H3. The molecular weight excluding hydrogens is 392 g/mol. The average molecular weight is 443 g/mol. The molecule has 2 aliphatic rings.